The molecule has 1 N–H and O–H groups in total. The fourth-order valence-corrected chi connectivity index (χ4v) is 1.86. The highest BCUT2D eigenvalue weighted by atomic mass is 19.4. The zero-order valence-corrected chi connectivity index (χ0v) is 10.5. The zero-order chi connectivity index (χ0) is 13.8. The van der Waals surface area contributed by atoms with Crippen LogP contribution in [-0.2, 0) is 6.18 Å². The highest BCUT2D eigenvalue weighted by Gasteiger charge is 2.34. The second-order valence-corrected chi connectivity index (χ2v) is 4.38. The number of aliphatic hydroxyl groups excluding tert-OH is 1. The molecule has 0 bridgehead atoms. The SMILES string of the molecule is CC(C)N(CCCO)c1ccccc1C(F)(F)F. The minimum Gasteiger partial charge on any atom is -0.396 e. The molecule has 0 radical (unpaired) electrons. The highest BCUT2D eigenvalue weighted by Crippen LogP contribution is 2.37. The molecular weight excluding hydrogens is 243 g/mol. The van der Waals surface area contributed by atoms with Gasteiger partial charge in [-0.05, 0) is 32.4 Å². The first kappa shape index (κ1) is 14.8. The van der Waals surface area contributed by atoms with E-state index in [4.69, 9.17) is 5.11 Å². The van der Waals surface area contributed by atoms with Crippen LogP contribution in [0.1, 0.15) is 25.8 Å². The van der Waals surface area contributed by atoms with Gasteiger partial charge in [0.15, 0.2) is 0 Å². The summed E-state index contributed by atoms with van der Waals surface area (Å²) in [5.41, 5.74) is -0.454. The van der Waals surface area contributed by atoms with Crippen LogP contribution in [-0.4, -0.2) is 24.3 Å². The Labute approximate surface area is 105 Å². The fraction of sp³-hybridized carbons (Fsp3) is 0.538. The summed E-state index contributed by atoms with van der Waals surface area (Å²) < 4.78 is 38.8. The average Bonchev–Trinajstić information content (AvgIpc) is 2.28. The van der Waals surface area contributed by atoms with E-state index in [1.165, 1.54) is 12.1 Å². The number of hydrogen-bond acceptors (Lipinski definition) is 2. The van der Waals surface area contributed by atoms with Crippen LogP contribution in [0.3, 0.4) is 0 Å². The zero-order valence-electron chi connectivity index (χ0n) is 10.5. The fourth-order valence-electron chi connectivity index (χ4n) is 1.86. The Balaban J connectivity index is 3.11. The van der Waals surface area contributed by atoms with Crippen molar-refractivity contribution in [2.24, 2.45) is 0 Å². The van der Waals surface area contributed by atoms with Gasteiger partial charge in [-0.15, -0.1) is 0 Å². The van der Waals surface area contributed by atoms with Gasteiger partial charge in [-0.2, -0.15) is 13.2 Å². The minimum atomic E-state index is -4.36. The lowest BCUT2D eigenvalue weighted by molar-refractivity contribution is -0.137. The number of para-hydroxylation sites is 1. The Kier molecular flexibility index (Phi) is 5.02. The topological polar surface area (TPSA) is 23.5 Å². The van der Waals surface area contributed by atoms with Crippen LogP contribution in [0.5, 0.6) is 0 Å². The summed E-state index contributed by atoms with van der Waals surface area (Å²) >= 11 is 0. The molecule has 0 saturated carbocycles. The van der Waals surface area contributed by atoms with Gasteiger partial charge in [0, 0.05) is 24.9 Å². The first-order valence-corrected chi connectivity index (χ1v) is 5.91. The molecule has 0 aliphatic rings. The summed E-state index contributed by atoms with van der Waals surface area (Å²) in [4.78, 5) is 1.67. The molecule has 0 aliphatic carbocycles. The largest absolute Gasteiger partial charge is 0.418 e. The second kappa shape index (κ2) is 6.09. The number of aliphatic hydroxyl groups is 1. The molecule has 0 saturated heterocycles. The highest BCUT2D eigenvalue weighted by molar-refractivity contribution is 5.55. The van der Waals surface area contributed by atoms with Gasteiger partial charge in [0.25, 0.3) is 0 Å². The molecular formula is C13H18F3NO. The van der Waals surface area contributed by atoms with E-state index in [0.717, 1.165) is 6.07 Å². The molecule has 0 spiro atoms. The number of nitrogens with zero attached hydrogens (tertiary/aromatic N) is 1. The normalized spacial score (nSPS) is 11.9. The summed E-state index contributed by atoms with van der Waals surface area (Å²) in [6.07, 6.45) is -3.91. The van der Waals surface area contributed by atoms with Gasteiger partial charge in [-0.25, -0.2) is 0 Å². The van der Waals surface area contributed by atoms with Gasteiger partial charge >= 0.3 is 6.18 Å². The van der Waals surface area contributed by atoms with Crippen LogP contribution in [0, 0.1) is 0 Å². The van der Waals surface area contributed by atoms with Crippen LogP contribution in [0.15, 0.2) is 24.3 Å². The van der Waals surface area contributed by atoms with Gasteiger partial charge in [-0.3, -0.25) is 0 Å². The lowest BCUT2D eigenvalue weighted by atomic mass is 10.1. The Bertz CT molecular complexity index is 377. The second-order valence-electron chi connectivity index (χ2n) is 4.38. The third-order valence-electron chi connectivity index (χ3n) is 2.70. The number of hydrogen-bond donors (Lipinski definition) is 1. The van der Waals surface area contributed by atoms with Crippen LogP contribution < -0.4 is 4.90 Å². The molecule has 18 heavy (non-hydrogen) atoms. The molecule has 102 valence electrons. The molecule has 5 heteroatoms. The van der Waals surface area contributed by atoms with Crippen LogP contribution in [0.25, 0.3) is 0 Å². The van der Waals surface area contributed by atoms with Crippen molar-refractivity contribution in [3.05, 3.63) is 29.8 Å². The van der Waals surface area contributed by atoms with Gasteiger partial charge in [-0.1, -0.05) is 12.1 Å². The maximum absolute atomic E-state index is 12.9. The summed E-state index contributed by atoms with van der Waals surface area (Å²) in [7, 11) is 0. The molecule has 1 rings (SSSR count). The third-order valence-corrected chi connectivity index (χ3v) is 2.70. The molecule has 0 atom stereocenters. The molecule has 0 unspecified atom stereocenters. The van der Waals surface area contributed by atoms with E-state index in [9.17, 15) is 13.2 Å². The van der Waals surface area contributed by atoms with Crippen molar-refractivity contribution in [2.75, 3.05) is 18.1 Å². The maximum Gasteiger partial charge on any atom is 0.418 e. The Morgan fingerprint density at radius 3 is 2.33 bits per heavy atom. The quantitative estimate of drug-likeness (QED) is 0.879. The number of halogens is 3. The Hall–Kier alpha value is -1.23. The molecule has 1 aromatic rings. The summed E-state index contributed by atoms with van der Waals surface area (Å²) in [5.74, 6) is 0. The summed E-state index contributed by atoms with van der Waals surface area (Å²) in [5, 5.41) is 8.82. The standard InChI is InChI=1S/C13H18F3NO/c1-10(2)17(8-5-9-18)12-7-4-3-6-11(12)13(14,15)16/h3-4,6-7,10,18H,5,8-9H2,1-2H3. The minimum absolute atomic E-state index is 0.0304. The van der Waals surface area contributed by atoms with Crippen molar-refractivity contribution >= 4 is 5.69 Å². The van der Waals surface area contributed by atoms with Gasteiger partial charge in [0.2, 0.25) is 0 Å². The van der Waals surface area contributed by atoms with Gasteiger partial charge < -0.3 is 10.0 Å². The van der Waals surface area contributed by atoms with Crippen molar-refractivity contribution in [3.63, 3.8) is 0 Å². The van der Waals surface area contributed by atoms with Crippen LogP contribution in [0.2, 0.25) is 0 Å². The molecule has 0 amide bonds. The molecule has 2 nitrogen and oxygen atoms in total. The molecule has 0 aromatic heterocycles. The lowest BCUT2D eigenvalue weighted by Crippen LogP contribution is -2.33. The van der Waals surface area contributed by atoms with E-state index in [0.29, 0.717) is 13.0 Å². The van der Waals surface area contributed by atoms with Crippen molar-refractivity contribution in [1.29, 1.82) is 0 Å². The van der Waals surface area contributed by atoms with E-state index in [2.05, 4.69) is 0 Å². The van der Waals surface area contributed by atoms with E-state index in [1.807, 2.05) is 13.8 Å². The molecule has 0 heterocycles. The number of alkyl halides is 3. The molecule has 1 aromatic carbocycles. The lowest BCUT2D eigenvalue weighted by Gasteiger charge is -2.31. The summed E-state index contributed by atoms with van der Waals surface area (Å²) in [6, 6.07) is 5.49. The van der Waals surface area contributed by atoms with E-state index in [-0.39, 0.29) is 18.3 Å². The summed E-state index contributed by atoms with van der Waals surface area (Å²) in [6.45, 7) is 4.05. The predicted molar refractivity (Wildman–Crippen MR) is 65.6 cm³/mol. The number of anilines is 1. The van der Waals surface area contributed by atoms with E-state index in [1.54, 1.807) is 11.0 Å². The van der Waals surface area contributed by atoms with E-state index < -0.39 is 11.7 Å². The van der Waals surface area contributed by atoms with Crippen molar-refractivity contribution in [3.8, 4) is 0 Å². The molecule has 0 fully saturated rings. The van der Waals surface area contributed by atoms with Crippen LogP contribution in [0.4, 0.5) is 18.9 Å². The number of benzene rings is 1. The van der Waals surface area contributed by atoms with Crippen LogP contribution >= 0.6 is 0 Å². The van der Waals surface area contributed by atoms with Gasteiger partial charge in [0.1, 0.15) is 0 Å². The average molecular weight is 261 g/mol. The first-order chi connectivity index (χ1) is 8.38. The van der Waals surface area contributed by atoms with E-state index >= 15 is 0 Å². The smallest absolute Gasteiger partial charge is 0.396 e. The maximum atomic E-state index is 12.9. The Morgan fingerprint density at radius 2 is 1.83 bits per heavy atom. The third kappa shape index (κ3) is 3.63. The number of rotatable bonds is 5. The monoisotopic (exact) mass is 261 g/mol. The predicted octanol–water partition coefficient (Wildman–Crippen LogP) is 3.30. The Morgan fingerprint density at radius 1 is 1.22 bits per heavy atom. The molecule has 0 aliphatic heterocycles. The van der Waals surface area contributed by atoms with Gasteiger partial charge in [0.05, 0.1) is 5.56 Å². The van der Waals surface area contributed by atoms with Crippen molar-refractivity contribution in [1.82, 2.24) is 0 Å². The first-order valence-electron chi connectivity index (χ1n) is 5.91. The van der Waals surface area contributed by atoms with Crippen molar-refractivity contribution < 1.29 is 18.3 Å². The van der Waals surface area contributed by atoms with Crippen molar-refractivity contribution in [2.45, 2.75) is 32.5 Å².